The van der Waals surface area contributed by atoms with Crippen molar-refractivity contribution in [1.29, 1.82) is 0 Å². The van der Waals surface area contributed by atoms with Gasteiger partial charge in [0.2, 0.25) is 5.95 Å². The molecule has 1 aromatic heterocycles. The first-order chi connectivity index (χ1) is 6.92. The molecule has 0 aliphatic heterocycles. The zero-order valence-electron chi connectivity index (χ0n) is 9.13. The van der Waals surface area contributed by atoms with Gasteiger partial charge in [-0.3, -0.25) is 5.43 Å². The quantitative estimate of drug-likeness (QED) is 0.580. The van der Waals surface area contributed by atoms with Crippen LogP contribution < -0.4 is 16.6 Å². The zero-order chi connectivity index (χ0) is 11.5. The maximum absolute atomic E-state index is 5.23. The third kappa shape index (κ3) is 4.01. The van der Waals surface area contributed by atoms with E-state index in [1.54, 1.807) is 6.20 Å². The van der Waals surface area contributed by atoms with Gasteiger partial charge in [-0.2, -0.15) is 4.98 Å². The van der Waals surface area contributed by atoms with E-state index in [-0.39, 0.29) is 5.41 Å². The van der Waals surface area contributed by atoms with Gasteiger partial charge < -0.3 is 5.32 Å². The predicted octanol–water partition coefficient (Wildman–Crippen LogP) is 1.98. The van der Waals surface area contributed by atoms with Crippen molar-refractivity contribution in [1.82, 2.24) is 9.97 Å². The maximum Gasteiger partial charge on any atom is 0.239 e. The fourth-order valence-electron chi connectivity index (χ4n) is 0.910. The van der Waals surface area contributed by atoms with Crippen LogP contribution >= 0.6 is 15.9 Å². The van der Waals surface area contributed by atoms with E-state index in [9.17, 15) is 0 Å². The molecule has 1 aromatic rings. The minimum atomic E-state index is 0.195. The Morgan fingerprint density at radius 2 is 2.13 bits per heavy atom. The van der Waals surface area contributed by atoms with E-state index < -0.39 is 0 Å². The molecular weight excluding hydrogens is 258 g/mol. The SMILES string of the molecule is CC(C)(C)CNc1nc(NN)ncc1Br. The molecule has 0 saturated heterocycles. The number of nitrogens with zero attached hydrogens (tertiary/aromatic N) is 2. The van der Waals surface area contributed by atoms with E-state index in [2.05, 4.69) is 57.4 Å². The lowest BCUT2D eigenvalue weighted by Crippen LogP contribution is -2.20. The van der Waals surface area contributed by atoms with Crippen LogP contribution in [0.25, 0.3) is 0 Å². The third-order valence-electron chi connectivity index (χ3n) is 1.66. The molecule has 84 valence electrons. The first kappa shape index (κ1) is 12.2. The van der Waals surface area contributed by atoms with E-state index in [1.807, 2.05) is 0 Å². The number of hydrogen-bond donors (Lipinski definition) is 3. The van der Waals surface area contributed by atoms with Gasteiger partial charge in [-0.1, -0.05) is 20.8 Å². The van der Waals surface area contributed by atoms with E-state index in [4.69, 9.17) is 5.84 Å². The van der Waals surface area contributed by atoms with E-state index in [0.29, 0.717) is 5.95 Å². The number of nitrogens with two attached hydrogens (primary N) is 1. The molecule has 0 atom stereocenters. The van der Waals surface area contributed by atoms with Gasteiger partial charge in [0.25, 0.3) is 0 Å². The third-order valence-corrected chi connectivity index (χ3v) is 2.24. The summed E-state index contributed by atoms with van der Waals surface area (Å²) in [6, 6.07) is 0. The van der Waals surface area contributed by atoms with Gasteiger partial charge in [0.15, 0.2) is 0 Å². The molecule has 0 aromatic carbocycles. The Labute approximate surface area is 98.0 Å². The first-order valence-electron chi connectivity index (χ1n) is 4.65. The fourth-order valence-corrected chi connectivity index (χ4v) is 1.24. The van der Waals surface area contributed by atoms with Gasteiger partial charge in [0, 0.05) is 12.7 Å². The Morgan fingerprint density at radius 3 is 2.67 bits per heavy atom. The Morgan fingerprint density at radius 1 is 1.47 bits per heavy atom. The summed E-state index contributed by atoms with van der Waals surface area (Å²) in [5, 5.41) is 3.23. The topological polar surface area (TPSA) is 75.9 Å². The van der Waals surface area contributed by atoms with Crippen LogP contribution in [-0.4, -0.2) is 16.5 Å². The molecule has 5 nitrogen and oxygen atoms in total. The van der Waals surface area contributed by atoms with Crippen LogP contribution in [0.4, 0.5) is 11.8 Å². The smallest absolute Gasteiger partial charge is 0.239 e. The number of nitrogens with one attached hydrogen (secondary N) is 2. The monoisotopic (exact) mass is 273 g/mol. The van der Waals surface area contributed by atoms with Gasteiger partial charge >= 0.3 is 0 Å². The summed E-state index contributed by atoms with van der Waals surface area (Å²) in [6.07, 6.45) is 1.66. The van der Waals surface area contributed by atoms with Gasteiger partial charge in [-0.05, 0) is 21.3 Å². The Bertz CT molecular complexity index is 334. The Hall–Kier alpha value is -0.880. The highest BCUT2D eigenvalue weighted by Gasteiger charge is 2.11. The predicted molar refractivity (Wildman–Crippen MR) is 65.5 cm³/mol. The van der Waals surface area contributed by atoms with E-state index in [0.717, 1.165) is 16.8 Å². The van der Waals surface area contributed by atoms with Crippen molar-refractivity contribution >= 4 is 27.7 Å². The minimum Gasteiger partial charge on any atom is -0.368 e. The molecule has 0 fully saturated rings. The van der Waals surface area contributed by atoms with Crippen LogP contribution in [0.5, 0.6) is 0 Å². The second kappa shape index (κ2) is 4.76. The van der Waals surface area contributed by atoms with Crippen molar-refractivity contribution in [3.63, 3.8) is 0 Å². The molecule has 1 heterocycles. The minimum absolute atomic E-state index is 0.195. The highest BCUT2D eigenvalue weighted by molar-refractivity contribution is 9.10. The Balaban J connectivity index is 2.75. The lowest BCUT2D eigenvalue weighted by atomic mass is 9.97. The van der Waals surface area contributed by atoms with Crippen LogP contribution in [-0.2, 0) is 0 Å². The average Bonchev–Trinajstić information content (AvgIpc) is 2.15. The lowest BCUT2D eigenvalue weighted by Gasteiger charge is -2.19. The summed E-state index contributed by atoms with van der Waals surface area (Å²) in [5.41, 5.74) is 2.60. The fraction of sp³-hybridized carbons (Fsp3) is 0.556. The summed E-state index contributed by atoms with van der Waals surface area (Å²) >= 11 is 3.37. The first-order valence-corrected chi connectivity index (χ1v) is 5.45. The van der Waals surface area contributed by atoms with Crippen molar-refractivity contribution < 1.29 is 0 Å². The van der Waals surface area contributed by atoms with Crippen molar-refractivity contribution in [2.75, 3.05) is 17.3 Å². The highest BCUT2D eigenvalue weighted by atomic mass is 79.9. The molecule has 1 rings (SSSR count). The molecular formula is C9H16BrN5. The van der Waals surface area contributed by atoms with Gasteiger partial charge in [-0.25, -0.2) is 10.8 Å². The maximum atomic E-state index is 5.23. The molecule has 0 aliphatic carbocycles. The van der Waals surface area contributed by atoms with Crippen LogP contribution in [0.1, 0.15) is 20.8 Å². The number of nitrogen functional groups attached to an aromatic ring is 1. The molecule has 4 N–H and O–H groups in total. The van der Waals surface area contributed by atoms with Crippen molar-refractivity contribution in [3.05, 3.63) is 10.7 Å². The van der Waals surface area contributed by atoms with Gasteiger partial charge in [0.1, 0.15) is 5.82 Å². The molecule has 15 heavy (non-hydrogen) atoms. The summed E-state index contributed by atoms with van der Waals surface area (Å²) in [4.78, 5) is 8.16. The number of anilines is 2. The van der Waals surface area contributed by atoms with Gasteiger partial charge in [0.05, 0.1) is 4.47 Å². The molecule has 0 saturated carbocycles. The van der Waals surface area contributed by atoms with Crippen LogP contribution in [0.3, 0.4) is 0 Å². The second-order valence-corrected chi connectivity index (χ2v) is 5.30. The zero-order valence-corrected chi connectivity index (χ0v) is 10.7. The molecule has 0 aliphatic rings. The van der Waals surface area contributed by atoms with Crippen molar-refractivity contribution in [2.45, 2.75) is 20.8 Å². The average molecular weight is 274 g/mol. The molecule has 0 bridgehead atoms. The van der Waals surface area contributed by atoms with Crippen LogP contribution in [0, 0.1) is 5.41 Å². The Kier molecular flexibility index (Phi) is 3.87. The summed E-state index contributed by atoms with van der Waals surface area (Å²) in [7, 11) is 0. The van der Waals surface area contributed by atoms with E-state index >= 15 is 0 Å². The van der Waals surface area contributed by atoms with E-state index in [1.165, 1.54) is 0 Å². The molecule has 0 spiro atoms. The van der Waals surface area contributed by atoms with Crippen LogP contribution in [0.2, 0.25) is 0 Å². The van der Waals surface area contributed by atoms with Crippen molar-refractivity contribution in [3.8, 4) is 0 Å². The number of hydrogen-bond acceptors (Lipinski definition) is 5. The number of aromatic nitrogens is 2. The normalized spacial score (nSPS) is 11.3. The molecule has 6 heteroatoms. The highest BCUT2D eigenvalue weighted by Crippen LogP contribution is 2.22. The standard InChI is InChI=1S/C9H16BrN5/c1-9(2,3)5-13-7-6(10)4-12-8(14-7)15-11/h4H,5,11H2,1-3H3,(H2,12,13,14,15). The number of rotatable bonds is 3. The molecule has 0 amide bonds. The summed E-state index contributed by atoms with van der Waals surface area (Å²) in [6.45, 7) is 7.28. The molecule has 0 radical (unpaired) electrons. The lowest BCUT2D eigenvalue weighted by molar-refractivity contribution is 0.442. The second-order valence-electron chi connectivity index (χ2n) is 4.45. The van der Waals surface area contributed by atoms with Gasteiger partial charge in [-0.15, -0.1) is 0 Å². The number of hydrazine groups is 1. The summed E-state index contributed by atoms with van der Waals surface area (Å²) < 4.78 is 0.825. The number of halogens is 1. The van der Waals surface area contributed by atoms with Crippen LogP contribution in [0.15, 0.2) is 10.7 Å². The summed E-state index contributed by atoms with van der Waals surface area (Å²) in [5.74, 6) is 6.37. The largest absolute Gasteiger partial charge is 0.368 e. The molecule has 0 unspecified atom stereocenters. The van der Waals surface area contributed by atoms with Crippen molar-refractivity contribution in [2.24, 2.45) is 11.3 Å².